The molecule has 1 N–H and O–H groups in total. The fraction of sp³-hybridized carbons (Fsp3) is 0.750. The predicted octanol–water partition coefficient (Wildman–Crippen LogP) is 3.36. The van der Waals surface area contributed by atoms with E-state index < -0.39 is 39.7 Å². The van der Waals surface area contributed by atoms with Gasteiger partial charge in [-0.3, -0.25) is 14.4 Å². The van der Waals surface area contributed by atoms with Gasteiger partial charge in [0.1, 0.15) is 11.9 Å². The standard InChI is InChI=1S/C20H27IO5/c1-10(2)13(22)20-14(23)12(21)15-19(16(20)24,8-7-17(20,3)4)9-11(26-15)18(5,6)25/h10-11,25H,7-9H2,1-6H3. The molecule has 1 heterocycles. The van der Waals surface area contributed by atoms with Crippen LogP contribution >= 0.6 is 22.6 Å². The molecular weight excluding hydrogens is 447 g/mol. The number of ether oxygens (including phenoxy) is 1. The van der Waals surface area contributed by atoms with Crippen LogP contribution in [0.2, 0.25) is 0 Å². The Morgan fingerprint density at radius 1 is 1.27 bits per heavy atom. The Morgan fingerprint density at radius 2 is 1.85 bits per heavy atom. The Balaban J connectivity index is 2.29. The van der Waals surface area contributed by atoms with Crippen LogP contribution in [-0.2, 0) is 19.1 Å². The third-order valence-electron chi connectivity index (χ3n) is 6.62. The molecule has 26 heavy (non-hydrogen) atoms. The van der Waals surface area contributed by atoms with Crippen molar-refractivity contribution in [3.8, 4) is 0 Å². The van der Waals surface area contributed by atoms with Gasteiger partial charge in [0.05, 0.1) is 14.6 Å². The molecule has 0 aromatic carbocycles. The Labute approximate surface area is 168 Å². The number of fused-ring (bicyclic) bond motifs is 1. The first-order chi connectivity index (χ1) is 11.7. The Bertz CT molecular complexity index is 742. The maximum absolute atomic E-state index is 13.9. The molecule has 3 aliphatic rings. The van der Waals surface area contributed by atoms with Crippen LogP contribution < -0.4 is 0 Å². The number of carbonyl (C=O) groups is 3. The molecule has 5 nitrogen and oxygen atoms in total. The third kappa shape index (κ3) is 2.20. The van der Waals surface area contributed by atoms with E-state index in [1.54, 1.807) is 27.7 Å². The van der Waals surface area contributed by atoms with Crippen molar-refractivity contribution in [2.75, 3.05) is 0 Å². The first-order valence-corrected chi connectivity index (χ1v) is 10.2. The summed E-state index contributed by atoms with van der Waals surface area (Å²) in [5.41, 5.74) is -4.52. The van der Waals surface area contributed by atoms with E-state index in [2.05, 4.69) is 0 Å². The summed E-state index contributed by atoms with van der Waals surface area (Å²) < 4.78 is 6.33. The van der Waals surface area contributed by atoms with Crippen molar-refractivity contribution in [3.63, 3.8) is 0 Å². The van der Waals surface area contributed by atoms with Gasteiger partial charge in [-0.05, 0) is 54.7 Å². The topological polar surface area (TPSA) is 80.7 Å². The predicted molar refractivity (Wildman–Crippen MR) is 105 cm³/mol. The number of rotatable bonds is 3. The number of hydrogen-bond acceptors (Lipinski definition) is 5. The van der Waals surface area contributed by atoms with E-state index in [-0.39, 0.29) is 11.6 Å². The molecular formula is C20H27IO5. The number of ketones is 3. The zero-order valence-corrected chi connectivity index (χ0v) is 18.4. The van der Waals surface area contributed by atoms with Crippen molar-refractivity contribution in [2.24, 2.45) is 22.2 Å². The van der Waals surface area contributed by atoms with Crippen LogP contribution in [0.15, 0.2) is 9.34 Å². The highest BCUT2D eigenvalue weighted by atomic mass is 127. The van der Waals surface area contributed by atoms with Crippen LogP contribution in [0.1, 0.15) is 60.8 Å². The lowest BCUT2D eigenvalue weighted by atomic mass is 9.43. The number of carbonyl (C=O) groups excluding carboxylic acids is 3. The highest BCUT2D eigenvalue weighted by Gasteiger charge is 2.75. The molecule has 1 saturated carbocycles. The van der Waals surface area contributed by atoms with Gasteiger partial charge in [0, 0.05) is 12.3 Å². The van der Waals surface area contributed by atoms with Crippen molar-refractivity contribution in [1.82, 2.24) is 0 Å². The first kappa shape index (κ1) is 20.0. The monoisotopic (exact) mass is 474 g/mol. The molecule has 1 saturated heterocycles. The Morgan fingerprint density at radius 3 is 2.35 bits per heavy atom. The zero-order chi connectivity index (χ0) is 19.9. The fourth-order valence-electron chi connectivity index (χ4n) is 4.93. The minimum Gasteiger partial charge on any atom is -0.489 e. The second-order valence-electron chi connectivity index (χ2n) is 9.50. The maximum atomic E-state index is 13.9. The fourth-order valence-corrected chi connectivity index (χ4v) is 5.98. The number of halogens is 1. The zero-order valence-electron chi connectivity index (χ0n) is 16.2. The van der Waals surface area contributed by atoms with Crippen LogP contribution in [0.3, 0.4) is 0 Å². The normalized spacial score (nSPS) is 36.3. The number of aliphatic hydroxyl groups is 1. The van der Waals surface area contributed by atoms with E-state index in [9.17, 15) is 19.5 Å². The van der Waals surface area contributed by atoms with Gasteiger partial charge in [0.25, 0.3) is 0 Å². The maximum Gasteiger partial charge on any atom is 0.193 e. The van der Waals surface area contributed by atoms with Gasteiger partial charge >= 0.3 is 0 Å². The van der Waals surface area contributed by atoms with E-state index >= 15 is 0 Å². The van der Waals surface area contributed by atoms with Crippen molar-refractivity contribution < 1.29 is 24.2 Å². The summed E-state index contributed by atoms with van der Waals surface area (Å²) in [5, 5.41) is 10.4. The molecule has 0 amide bonds. The molecule has 1 aliphatic heterocycles. The molecule has 0 aromatic heterocycles. The summed E-state index contributed by atoms with van der Waals surface area (Å²) in [6.07, 6.45) is 0.852. The van der Waals surface area contributed by atoms with E-state index in [0.717, 1.165) is 0 Å². The molecule has 3 unspecified atom stereocenters. The molecule has 2 fully saturated rings. The van der Waals surface area contributed by atoms with Crippen LogP contribution in [0, 0.1) is 22.2 Å². The summed E-state index contributed by atoms with van der Waals surface area (Å²) >= 11 is 1.93. The third-order valence-corrected chi connectivity index (χ3v) is 7.60. The van der Waals surface area contributed by atoms with Gasteiger partial charge in [-0.2, -0.15) is 0 Å². The van der Waals surface area contributed by atoms with Crippen molar-refractivity contribution in [3.05, 3.63) is 9.34 Å². The molecule has 144 valence electrons. The molecule has 0 radical (unpaired) electrons. The van der Waals surface area contributed by atoms with Gasteiger partial charge in [0.2, 0.25) is 0 Å². The van der Waals surface area contributed by atoms with Crippen LogP contribution in [0.4, 0.5) is 0 Å². The quantitative estimate of drug-likeness (QED) is 0.501. The highest BCUT2D eigenvalue weighted by Crippen LogP contribution is 2.66. The molecule has 3 rings (SSSR count). The molecule has 6 heteroatoms. The lowest BCUT2D eigenvalue weighted by molar-refractivity contribution is -0.169. The smallest absolute Gasteiger partial charge is 0.193 e. The summed E-state index contributed by atoms with van der Waals surface area (Å²) in [6, 6.07) is 0. The van der Waals surface area contributed by atoms with Gasteiger partial charge in [-0.15, -0.1) is 0 Å². The first-order valence-electron chi connectivity index (χ1n) is 9.17. The lowest BCUT2D eigenvalue weighted by Gasteiger charge is -2.54. The summed E-state index contributed by atoms with van der Waals surface area (Å²) in [7, 11) is 0. The largest absolute Gasteiger partial charge is 0.489 e. The molecule has 1 spiro atoms. The van der Waals surface area contributed by atoms with E-state index in [4.69, 9.17) is 4.74 Å². The Kier molecular flexibility index (Phi) is 4.32. The van der Waals surface area contributed by atoms with Crippen molar-refractivity contribution >= 4 is 39.9 Å². The molecule has 0 aromatic rings. The number of hydrogen-bond donors (Lipinski definition) is 1. The minimum absolute atomic E-state index is 0.295. The Hall–Kier alpha value is -0.760. The molecule has 2 aliphatic carbocycles. The lowest BCUT2D eigenvalue weighted by Crippen LogP contribution is -2.67. The van der Waals surface area contributed by atoms with Gasteiger partial charge in [-0.1, -0.05) is 27.7 Å². The van der Waals surface area contributed by atoms with E-state index in [1.165, 1.54) is 0 Å². The molecule has 3 atom stereocenters. The highest BCUT2D eigenvalue weighted by molar-refractivity contribution is 14.1. The van der Waals surface area contributed by atoms with Gasteiger partial charge in [-0.25, -0.2) is 0 Å². The van der Waals surface area contributed by atoms with Gasteiger partial charge in [0.15, 0.2) is 22.8 Å². The van der Waals surface area contributed by atoms with Crippen molar-refractivity contribution in [1.29, 1.82) is 0 Å². The van der Waals surface area contributed by atoms with Crippen LogP contribution in [0.25, 0.3) is 0 Å². The number of Topliss-reactive ketones (excluding diaryl/α,β-unsaturated/α-hetero) is 3. The summed E-state index contributed by atoms with van der Waals surface area (Å²) in [6.45, 7) is 10.5. The average molecular weight is 474 g/mol. The summed E-state index contributed by atoms with van der Waals surface area (Å²) in [4.78, 5) is 40.7. The second kappa shape index (κ2) is 5.63. The van der Waals surface area contributed by atoms with Gasteiger partial charge < -0.3 is 9.84 Å². The van der Waals surface area contributed by atoms with Crippen LogP contribution in [-0.4, -0.2) is 34.2 Å². The molecule has 2 bridgehead atoms. The average Bonchev–Trinajstić information content (AvgIpc) is 2.91. The summed E-state index contributed by atoms with van der Waals surface area (Å²) in [5.74, 6) is -1.07. The second-order valence-corrected chi connectivity index (χ2v) is 10.6. The van der Waals surface area contributed by atoms with E-state index in [1.807, 2.05) is 36.4 Å². The van der Waals surface area contributed by atoms with Crippen molar-refractivity contribution in [2.45, 2.75) is 72.5 Å². The SMILES string of the molecule is CC(C)C(=O)C12C(=O)C(I)=C3OC(C(C)(C)O)CC3(CCC1(C)C)C2=O. The number of allylic oxidation sites excluding steroid dienone is 2. The minimum atomic E-state index is -1.66. The van der Waals surface area contributed by atoms with E-state index in [0.29, 0.717) is 28.6 Å². The van der Waals surface area contributed by atoms with Crippen LogP contribution in [0.5, 0.6) is 0 Å².